The standard InChI is InChI=1S/C18H27N3O/c1-5-11-21-12-10-15-8-7-9-16(17(15)21)18(22)20(6-2)14-13-19(3)4/h7-10,12H,5-6,11,13-14H2,1-4H3. The lowest BCUT2D eigenvalue weighted by Gasteiger charge is -2.23. The van der Waals surface area contributed by atoms with Crippen LogP contribution in [0, 0.1) is 0 Å². The van der Waals surface area contributed by atoms with Crippen LogP contribution in [0.25, 0.3) is 10.9 Å². The second kappa shape index (κ2) is 7.45. The summed E-state index contributed by atoms with van der Waals surface area (Å²) in [6.45, 7) is 7.51. The van der Waals surface area contributed by atoms with Crippen molar-refractivity contribution in [3.63, 3.8) is 0 Å². The molecule has 0 aliphatic rings. The third kappa shape index (κ3) is 3.50. The first-order valence-electron chi connectivity index (χ1n) is 8.10. The average Bonchev–Trinajstić information content (AvgIpc) is 2.91. The highest BCUT2D eigenvalue weighted by Crippen LogP contribution is 2.22. The van der Waals surface area contributed by atoms with Crippen LogP contribution in [0.1, 0.15) is 30.6 Å². The van der Waals surface area contributed by atoms with Gasteiger partial charge in [0.2, 0.25) is 0 Å². The van der Waals surface area contributed by atoms with E-state index in [1.54, 1.807) is 0 Å². The van der Waals surface area contributed by atoms with Crippen molar-refractivity contribution in [3.8, 4) is 0 Å². The Morgan fingerprint density at radius 3 is 2.55 bits per heavy atom. The summed E-state index contributed by atoms with van der Waals surface area (Å²) in [6, 6.07) is 8.10. The van der Waals surface area contributed by atoms with Crippen molar-refractivity contribution < 1.29 is 4.79 Å². The molecular formula is C18H27N3O. The summed E-state index contributed by atoms with van der Waals surface area (Å²) in [5, 5.41) is 1.14. The molecule has 1 aromatic carbocycles. The number of hydrogen-bond donors (Lipinski definition) is 0. The van der Waals surface area contributed by atoms with Crippen LogP contribution in [0.3, 0.4) is 0 Å². The number of nitrogens with zero attached hydrogens (tertiary/aromatic N) is 3. The molecule has 120 valence electrons. The predicted molar refractivity (Wildman–Crippen MR) is 92.4 cm³/mol. The van der Waals surface area contributed by atoms with E-state index in [1.165, 1.54) is 0 Å². The first kappa shape index (κ1) is 16.6. The van der Waals surface area contributed by atoms with Gasteiger partial charge in [-0.2, -0.15) is 0 Å². The molecule has 0 N–H and O–H groups in total. The Morgan fingerprint density at radius 2 is 1.91 bits per heavy atom. The highest BCUT2D eigenvalue weighted by atomic mass is 16.2. The number of likely N-dealkylation sites (N-methyl/N-ethyl adjacent to an activating group) is 2. The third-order valence-electron chi connectivity index (χ3n) is 3.97. The average molecular weight is 301 g/mol. The predicted octanol–water partition coefficient (Wildman–Crippen LogP) is 3.08. The van der Waals surface area contributed by atoms with E-state index in [1.807, 2.05) is 38.1 Å². The third-order valence-corrected chi connectivity index (χ3v) is 3.97. The fourth-order valence-corrected chi connectivity index (χ4v) is 2.76. The number of fused-ring (bicyclic) bond motifs is 1. The number of para-hydroxylation sites is 1. The van der Waals surface area contributed by atoms with Crippen LogP contribution in [0.5, 0.6) is 0 Å². The zero-order valence-electron chi connectivity index (χ0n) is 14.2. The van der Waals surface area contributed by atoms with E-state index in [2.05, 4.69) is 34.7 Å². The molecule has 0 atom stereocenters. The van der Waals surface area contributed by atoms with E-state index >= 15 is 0 Å². The van der Waals surface area contributed by atoms with Gasteiger partial charge >= 0.3 is 0 Å². The Balaban J connectivity index is 2.35. The zero-order valence-corrected chi connectivity index (χ0v) is 14.2. The SMILES string of the molecule is CCCn1ccc2cccc(C(=O)N(CC)CCN(C)C)c21. The normalized spacial score (nSPS) is 11.3. The molecule has 1 aromatic heterocycles. The lowest BCUT2D eigenvalue weighted by Crippen LogP contribution is -2.36. The van der Waals surface area contributed by atoms with Crippen molar-refractivity contribution in [3.05, 3.63) is 36.0 Å². The lowest BCUT2D eigenvalue weighted by molar-refractivity contribution is 0.0755. The Morgan fingerprint density at radius 1 is 1.14 bits per heavy atom. The molecule has 0 aliphatic heterocycles. The van der Waals surface area contributed by atoms with Crippen LogP contribution >= 0.6 is 0 Å². The molecule has 0 spiro atoms. The van der Waals surface area contributed by atoms with E-state index in [4.69, 9.17) is 0 Å². The van der Waals surface area contributed by atoms with Gasteiger partial charge in [0, 0.05) is 37.8 Å². The Labute approximate surface area is 133 Å². The summed E-state index contributed by atoms with van der Waals surface area (Å²) >= 11 is 0. The minimum Gasteiger partial charge on any atom is -0.347 e. The largest absolute Gasteiger partial charge is 0.347 e. The van der Waals surface area contributed by atoms with Crippen molar-refractivity contribution in [2.45, 2.75) is 26.8 Å². The number of carbonyl (C=O) groups excluding carboxylic acids is 1. The van der Waals surface area contributed by atoms with Crippen molar-refractivity contribution >= 4 is 16.8 Å². The van der Waals surface area contributed by atoms with Gasteiger partial charge in [0.1, 0.15) is 0 Å². The van der Waals surface area contributed by atoms with Crippen LogP contribution in [-0.2, 0) is 6.54 Å². The number of aromatic nitrogens is 1. The first-order valence-corrected chi connectivity index (χ1v) is 8.10. The van der Waals surface area contributed by atoms with Gasteiger partial charge in [-0.3, -0.25) is 4.79 Å². The Hall–Kier alpha value is -1.81. The summed E-state index contributed by atoms with van der Waals surface area (Å²) in [5.74, 6) is 0.131. The molecular weight excluding hydrogens is 274 g/mol. The number of rotatable bonds is 7. The second-order valence-electron chi connectivity index (χ2n) is 5.94. The maximum absolute atomic E-state index is 13.0. The molecule has 0 radical (unpaired) electrons. The maximum Gasteiger partial charge on any atom is 0.256 e. The fourth-order valence-electron chi connectivity index (χ4n) is 2.76. The van der Waals surface area contributed by atoms with Crippen LogP contribution in [0.2, 0.25) is 0 Å². The van der Waals surface area contributed by atoms with E-state index in [0.29, 0.717) is 0 Å². The maximum atomic E-state index is 13.0. The fraction of sp³-hybridized carbons (Fsp3) is 0.500. The molecule has 22 heavy (non-hydrogen) atoms. The van der Waals surface area contributed by atoms with E-state index in [0.717, 1.165) is 49.1 Å². The molecule has 1 amide bonds. The van der Waals surface area contributed by atoms with Crippen LogP contribution in [0.15, 0.2) is 30.5 Å². The minimum atomic E-state index is 0.131. The van der Waals surface area contributed by atoms with Gasteiger partial charge < -0.3 is 14.4 Å². The molecule has 0 saturated carbocycles. The second-order valence-corrected chi connectivity index (χ2v) is 5.94. The highest BCUT2D eigenvalue weighted by Gasteiger charge is 2.18. The van der Waals surface area contributed by atoms with Crippen molar-refractivity contribution in [2.75, 3.05) is 33.7 Å². The molecule has 1 heterocycles. The summed E-state index contributed by atoms with van der Waals surface area (Å²) in [6.07, 6.45) is 3.14. The monoisotopic (exact) mass is 301 g/mol. The van der Waals surface area contributed by atoms with Crippen LogP contribution in [-0.4, -0.2) is 54.0 Å². The smallest absolute Gasteiger partial charge is 0.256 e. The Kier molecular flexibility index (Phi) is 5.61. The van der Waals surface area contributed by atoms with Crippen LogP contribution < -0.4 is 0 Å². The van der Waals surface area contributed by atoms with Gasteiger partial charge in [-0.05, 0) is 39.6 Å². The molecule has 4 nitrogen and oxygen atoms in total. The highest BCUT2D eigenvalue weighted by molar-refractivity contribution is 6.06. The molecule has 0 unspecified atom stereocenters. The van der Waals surface area contributed by atoms with Crippen molar-refractivity contribution in [2.24, 2.45) is 0 Å². The molecule has 2 rings (SSSR count). The van der Waals surface area contributed by atoms with Crippen molar-refractivity contribution in [1.82, 2.24) is 14.4 Å². The lowest BCUT2D eigenvalue weighted by atomic mass is 10.1. The topological polar surface area (TPSA) is 28.5 Å². The summed E-state index contributed by atoms with van der Waals surface area (Å²) in [5.41, 5.74) is 1.88. The summed E-state index contributed by atoms with van der Waals surface area (Å²) < 4.78 is 2.20. The number of benzene rings is 1. The molecule has 2 aromatic rings. The van der Waals surface area contributed by atoms with Gasteiger partial charge in [-0.25, -0.2) is 0 Å². The van der Waals surface area contributed by atoms with E-state index < -0.39 is 0 Å². The van der Waals surface area contributed by atoms with Crippen molar-refractivity contribution in [1.29, 1.82) is 0 Å². The number of amides is 1. The number of hydrogen-bond acceptors (Lipinski definition) is 2. The van der Waals surface area contributed by atoms with E-state index in [9.17, 15) is 4.79 Å². The number of carbonyl (C=O) groups is 1. The molecule has 0 bridgehead atoms. The molecule has 0 saturated heterocycles. The molecule has 0 fully saturated rings. The summed E-state index contributed by atoms with van der Waals surface area (Å²) in [7, 11) is 4.07. The van der Waals surface area contributed by atoms with Gasteiger partial charge in [0.15, 0.2) is 0 Å². The zero-order chi connectivity index (χ0) is 16.1. The summed E-state index contributed by atoms with van der Waals surface area (Å²) in [4.78, 5) is 17.0. The molecule has 0 aliphatic carbocycles. The van der Waals surface area contributed by atoms with Gasteiger partial charge in [-0.15, -0.1) is 0 Å². The first-order chi connectivity index (χ1) is 10.6. The van der Waals surface area contributed by atoms with Gasteiger partial charge in [0.25, 0.3) is 5.91 Å². The number of aryl methyl sites for hydroxylation is 1. The van der Waals surface area contributed by atoms with Gasteiger partial charge in [0.05, 0.1) is 11.1 Å². The molecule has 4 heteroatoms. The van der Waals surface area contributed by atoms with E-state index in [-0.39, 0.29) is 5.91 Å². The quantitative estimate of drug-likeness (QED) is 0.786. The van der Waals surface area contributed by atoms with Gasteiger partial charge in [-0.1, -0.05) is 19.1 Å². The van der Waals surface area contributed by atoms with Crippen LogP contribution in [0.4, 0.5) is 0 Å². The minimum absolute atomic E-state index is 0.131. The Bertz CT molecular complexity index is 630.